The molecule has 0 bridgehead atoms. The minimum absolute atomic E-state index is 0.411. The Morgan fingerprint density at radius 1 is 1.40 bits per heavy atom. The van der Waals surface area contributed by atoms with E-state index < -0.39 is 0 Å². The molecule has 0 radical (unpaired) electrons. The lowest BCUT2D eigenvalue weighted by molar-refractivity contribution is 0.337. The molecule has 1 aliphatic rings. The summed E-state index contributed by atoms with van der Waals surface area (Å²) in [6.45, 7) is 7.62. The highest BCUT2D eigenvalue weighted by Gasteiger charge is 2.23. The zero-order valence-corrected chi connectivity index (χ0v) is 14.2. The Labute approximate surface area is 130 Å². The minimum atomic E-state index is 0.411. The third-order valence-corrected chi connectivity index (χ3v) is 6.01. The van der Waals surface area contributed by atoms with E-state index in [4.69, 9.17) is 4.52 Å². The predicted molar refractivity (Wildman–Crippen MR) is 87.4 cm³/mol. The summed E-state index contributed by atoms with van der Waals surface area (Å²) in [6, 6.07) is 0.432. The van der Waals surface area contributed by atoms with Crippen molar-refractivity contribution in [1.82, 2.24) is 15.5 Å². The Balaban J connectivity index is 1.92. The van der Waals surface area contributed by atoms with Gasteiger partial charge in [0.1, 0.15) is 0 Å². The molecular weight excluding hydrogens is 290 g/mol. The number of nitrogens with zero attached hydrogens (tertiary/aromatic N) is 2. The van der Waals surface area contributed by atoms with Gasteiger partial charge in [-0.2, -0.15) is 16.7 Å². The van der Waals surface area contributed by atoms with Gasteiger partial charge < -0.3 is 9.84 Å². The Hall–Kier alpha value is -0.200. The number of thioether (sulfide) groups is 2. The van der Waals surface area contributed by atoms with Crippen LogP contribution in [0.25, 0.3) is 0 Å². The molecule has 20 heavy (non-hydrogen) atoms. The van der Waals surface area contributed by atoms with Gasteiger partial charge in [-0.1, -0.05) is 25.9 Å². The Kier molecular flexibility index (Phi) is 6.71. The molecule has 0 spiro atoms. The van der Waals surface area contributed by atoms with Crippen LogP contribution in [0.4, 0.5) is 0 Å². The fraction of sp³-hybridized carbons (Fsp3) is 0.857. The van der Waals surface area contributed by atoms with Crippen molar-refractivity contribution in [3.05, 3.63) is 11.7 Å². The molecule has 114 valence electrons. The average Bonchev–Trinajstić information content (AvgIpc) is 2.88. The van der Waals surface area contributed by atoms with Gasteiger partial charge in [0.15, 0.2) is 5.82 Å². The van der Waals surface area contributed by atoms with E-state index in [2.05, 4.69) is 36.2 Å². The van der Waals surface area contributed by atoms with Crippen LogP contribution in [0.2, 0.25) is 0 Å². The van der Waals surface area contributed by atoms with Crippen LogP contribution in [-0.4, -0.2) is 40.0 Å². The summed E-state index contributed by atoms with van der Waals surface area (Å²) in [5, 5.41) is 8.11. The number of hydrogen-bond donors (Lipinski definition) is 1. The van der Waals surface area contributed by atoms with Crippen molar-refractivity contribution < 1.29 is 4.52 Å². The maximum Gasteiger partial charge on any atom is 0.228 e. The van der Waals surface area contributed by atoms with Crippen molar-refractivity contribution in [3.8, 4) is 0 Å². The quantitative estimate of drug-likeness (QED) is 0.834. The highest BCUT2D eigenvalue weighted by atomic mass is 32.2. The fourth-order valence-electron chi connectivity index (χ4n) is 2.43. The zero-order valence-electron chi connectivity index (χ0n) is 12.6. The number of rotatable bonds is 7. The molecule has 0 aromatic carbocycles. The molecule has 2 atom stereocenters. The summed E-state index contributed by atoms with van der Waals surface area (Å²) in [4.78, 5) is 4.61. The van der Waals surface area contributed by atoms with Gasteiger partial charge in [0.25, 0.3) is 0 Å². The van der Waals surface area contributed by atoms with E-state index in [-0.39, 0.29) is 0 Å². The van der Waals surface area contributed by atoms with Crippen LogP contribution in [0.1, 0.15) is 44.2 Å². The Bertz CT molecular complexity index is 392. The van der Waals surface area contributed by atoms with Gasteiger partial charge in [-0.05, 0) is 18.9 Å². The topological polar surface area (TPSA) is 51.0 Å². The van der Waals surface area contributed by atoms with E-state index in [1.165, 1.54) is 11.5 Å². The maximum atomic E-state index is 5.45. The summed E-state index contributed by atoms with van der Waals surface area (Å²) in [5.74, 6) is 5.87. The lowest BCUT2D eigenvalue weighted by Gasteiger charge is -2.18. The molecule has 2 heterocycles. The van der Waals surface area contributed by atoms with E-state index in [9.17, 15) is 0 Å². The molecule has 2 rings (SSSR count). The first-order valence-corrected chi connectivity index (χ1v) is 9.64. The molecule has 2 unspecified atom stereocenters. The molecular formula is C14H25N3OS2. The van der Waals surface area contributed by atoms with Crippen LogP contribution >= 0.6 is 23.5 Å². The second kappa shape index (κ2) is 8.29. The van der Waals surface area contributed by atoms with Crippen LogP contribution < -0.4 is 5.32 Å². The fourth-order valence-corrected chi connectivity index (χ4v) is 5.01. The summed E-state index contributed by atoms with van der Waals surface area (Å²) < 4.78 is 5.45. The van der Waals surface area contributed by atoms with Crippen molar-refractivity contribution in [1.29, 1.82) is 0 Å². The van der Waals surface area contributed by atoms with E-state index in [1.54, 1.807) is 0 Å². The molecule has 0 saturated carbocycles. The smallest absolute Gasteiger partial charge is 0.228 e. The number of nitrogens with one attached hydrogen (secondary N) is 1. The number of hydrogen-bond acceptors (Lipinski definition) is 6. The molecule has 1 saturated heterocycles. The molecule has 1 N–H and O–H groups in total. The molecule has 1 aliphatic heterocycles. The van der Waals surface area contributed by atoms with Gasteiger partial charge in [-0.25, -0.2) is 0 Å². The lowest BCUT2D eigenvalue weighted by Crippen LogP contribution is -2.32. The van der Waals surface area contributed by atoms with E-state index in [1.807, 2.05) is 23.5 Å². The molecule has 4 nitrogen and oxygen atoms in total. The van der Waals surface area contributed by atoms with Crippen LogP contribution in [-0.2, 0) is 6.42 Å². The van der Waals surface area contributed by atoms with Gasteiger partial charge in [0, 0.05) is 29.7 Å². The summed E-state index contributed by atoms with van der Waals surface area (Å²) in [7, 11) is 0. The second-order valence-electron chi connectivity index (χ2n) is 5.57. The second-order valence-corrected chi connectivity index (χ2v) is 8.03. The van der Waals surface area contributed by atoms with Gasteiger partial charge in [-0.15, -0.1) is 11.8 Å². The van der Waals surface area contributed by atoms with Gasteiger partial charge >= 0.3 is 0 Å². The molecule has 6 heteroatoms. The van der Waals surface area contributed by atoms with E-state index in [0.29, 0.717) is 17.2 Å². The molecule has 1 fully saturated rings. The van der Waals surface area contributed by atoms with Crippen molar-refractivity contribution in [2.75, 3.05) is 23.8 Å². The predicted octanol–water partition coefficient (Wildman–Crippen LogP) is 3.16. The van der Waals surface area contributed by atoms with Gasteiger partial charge in [0.05, 0.1) is 5.25 Å². The third kappa shape index (κ3) is 4.97. The summed E-state index contributed by atoms with van der Waals surface area (Å²) >= 11 is 3.93. The SMILES string of the molecule is CCNC(Cc1nc(C2CSCCS2)no1)CC(C)C. The first kappa shape index (κ1) is 16.2. The number of likely N-dealkylation sites (N-methyl/N-ethyl adjacent to an activating group) is 1. The van der Waals surface area contributed by atoms with Gasteiger partial charge in [0.2, 0.25) is 5.89 Å². The maximum absolute atomic E-state index is 5.45. The average molecular weight is 316 g/mol. The highest BCUT2D eigenvalue weighted by molar-refractivity contribution is 8.06. The standard InChI is InChI=1S/C14H25N3OS2/c1-4-15-11(7-10(2)3)8-13-16-14(17-18-13)12-9-19-5-6-20-12/h10-12,15H,4-9H2,1-3H3. The van der Waals surface area contributed by atoms with E-state index in [0.717, 1.165) is 36.9 Å². The zero-order chi connectivity index (χ0) is 14.4. The molecule has 0 aliphatic carbocycles. The highest BCUT2D eigenvalue weighted by Crippen LogP contribution is 2.35. The number of aromatic nitrogens is 2. The Morgan fingerprint density at radius 3 is 2.90 bits per heavy atom. The largest absolute Gasteiger partial charge is 0.339 e. The Morgan fingerprint density at radius 2 is 2.25 bits per heavy atom. The van der Waals surface area contributed by atoms with Crippen molar-refractivity contribution in [2.45, 2.75) is 44.9 Å². The van der Waals surface area contributed by atoms with Crippen LogP contribution in [0.5, 0.6) is 0 Å². The van der Waals surface area contributed by atoms with Crippen LogP contribution in [0.3, 0.4) is 0 Å². The molecule has 0 amide bonds. The summed E-state index contributed by atoms with van der Waals surface area (Å²) in [6.07, 6.45) is 1.98. The minimum Gasteiger partial charge on any atom is -0.339 e. The van der Waals surface area contributed by atoms with E-state index >= 15 is 0 Å². The summed E-state index contributed by atoms with van der Waals surface area (Å²) in [5.41, 5.74) is 0. The monoisotopic (exact) mass is 315 g/mol. The van der Waals surface area contributed by atoms with Crippen LogP contribution in [0.15, 0.2) is 4.52 Å². The van der Waals surface area contributed by atoms with Crippen LogP contribution in [0, 0.1) is 5.92 Å². The van der Waals surface area contributed by atoms with Gasteiger partial charge in [-0.3, -0.25) is 0 Å². The lowest BCUT2D eigenvalue weighted by atomic mass is 10.0. The van der Waals surface area contributed by atoms with Crippen molar-refractivity contribution in [3.63, 3.8) is 0 Å². The normalized spacial score (nSPS) is 21.3. The van der Waals surface area contributed by atoms with Crippen molar-refractivity contribution >= 4 is 23.5 Å². The first-order valence-electron chi connectivity index (χ1n) is 7.44. The third-order valence-electron chi connectivity index (χ3n) is 3.26. The molecule has 1 aromatic rings. The van der Waals surface area contributed by atoms with Crippen molar-refractivity contribution in [2.24, 2.45) is 5.92 Å². The molecule has 1 aromatic heterocycles. The first-order chi connectivity index (χ1) is 9.69.